The summed E-state index contributed by atoms with van der Waals surface area (Å²) in [4.78, 5) is 11.4. The number of piperidine rings is 1. The highest BCUT2D eigenvalue weighted by Crippen LogP contribution is 2.35. The molecule has 3 nitrogen and oxygen atoms in total. The van der Waals surface area contributed by atoms with E-state index in [0.29, 0.717) is 6.42 Å². The van der Waals surface area contributed by atoms with Crippen molar-refractivity contribution in [1.82, 2.24) is 5.32 Å². The van der Waals surface area contributed by atoms with Crippen LogP contribution in [-0.4, -0.2) is 26.2 Å². The fraction of sp³-hybridized carbons (Fsp3) is 0.533. The molecule has 1 aromatic carbocycles. The van der Waals surface area contributed by atoms with E-state index >= 15 is 0 Å². The van der Waals surface area contributed by atoms with Crippen molar-refractivity contribution < 1.29 is 9.53 Å². The molecule has 98 valence electrons. The van der Waals surface area contributed by atoms with Gasteiger partial charge in [0.2, 0.25) is 0 Å². The highest BCUT2D eigenvalue weighted by atomic mass is 16.5. The van der Waals surface area contributed by atoms with E-state index in [1.165, 1.54) is 12.7 Å². The van der Waals surface area contributed by atoms with Gasteiger partial charge in [0.25, 0.3) is 0 Å². The van der Waals surface area contributed by atoms with Gasteiger partial charge in [-0.2, -0.15) is 0 Å². The molecule has 0 saturated carbocycles. The normalized spacial score (nSPS) is 23.6. The highest BCUT2D eigenvalue weighted by molar-refractivity contribution is 5.69. The molecule has 1 aliphatic rings. The topological polar surface area (TPSA) is 38.3 Å². The second kappa shape index (κ2) is 6.01. The fourth-order valence-corrected chi connectivity index (χ4v) is 2.81. The Hall–Kier alpha value is -1.35. The van der Waals surface area contributed by atoms with Gasteiger partial charge in [0.05, 0.1) is 7.11 Å². The predicted octanol–water partition coefficient (Wildman–Crippen LogP) is 2.26. The lowest BCUT2D eigenvalue weighted by Crippen LogP contribution is -2.43. The molecule has 1 N–H and O–H groups in total. The third-order valence-corrected chi connectivity index (χ3v) is 3.89. The third-order valence-electron chi connectivity index (χ3n) is 3.89. The molecule has 0 unspecified atom stereocenters. The van der Waals surface area contributed by atoms with Crippen LogP contribution in [0.5, 0.6) is 0 Å². The number of hydrogen-bond acceptors (Lipinski definition) is 3. The van der Waals surface area contributed by atoms with Gasteiger partial charge in [-0.15, -0.1) is 0 Å². The molecule has 1 heterocycles. The van der Waals surface area contributed by atoms with E-state index in [1.54, 1.807) is 0 Å². The van der Waals surface area contributed by atoms with Crippen LogP contribution in [0.4, 0.5) is 0 Å². The first-order valence-electron chi connectivity index (χ1n) is 6.60. The summed E-state index contributed by atoms with van der Waals surface area (Å²) >= 11 is 0. The predicted molar refractivity (Wildman–Crippen MR) is 71.5 cm³/mol. The van der Waals surface area contributed by atoms with E-state index in [9.17, 15) is 4.79 Å². The first-order valence-corrected chi connectivity index (χ1v) is 6.60. The van der Waals surface area contributed by atoms with Crippen molar-refractivity contribution in [2.24, 2.45) is 0 Å². The molecule has 1 fully saturated rings. The maximum atomic E-state index is 11.4. The quantitative estimate of drug-likeness (QED) is 0.829. The molecule has 1 saturated heterocycles. The Morgan fingerprint density at radius 1 is 1.39 bits per heavy atom. The summed E-state index contributed by atoms with van der Waals surface area (Å²) in [5, 5.41) is 3.46. The molecule has 0 spiro atoms. The summed E-state index contributed by atoms with van der Waals surface area (Å²) in [7, 11) is 1.46. The number of benzene rings is 1. The van der Waals surface area contributed by atoms with Crippen molar-refractivity contribution in [3.05, 3.63) is 35.9 Å². The lowest BCUT2D eigenvalue weighted by Gasteiger charge is -2.38. The Labute approximate surface area is 109 Å². The minimum absolute atomic E-state index is 0.0910. The highest BCUT2D eigenvalue weighted by Gasteiger charge is 2.34. The second-order valence-corrected chi connectivity index (χ2v) is 5.00. The monoisotopic (exact) mass is 247 g/mol. The van der Waals surface area contributed by atoms with Gasteiger partial charge in [0.1, 0.15) is 0 Å². The molecule has 0 amide bonds. The number of ether oxygens (including phenoxy) is 1. The maximum Gasteiger partial charge on any atom is 0.305 e. The van der Waals surface area contributed by atoms with Gasteiger partial charge < -0.3 is 10.1 Å². The fourth-order valence-electron chi connectivity index (χ4n) is 2.81. The Morgan fingerprint density at radius 3 is 2.78 bits per heavy atom. The smallest absolute Gasteiger partial charge is 0.305 e. The van der Waals surface area contributed by atoms with Crippen molar-refractivity contribution in [3.8, 4) is 0 Å². The SMILES string of the molecule is COC(=O)CC[C@]1(c2ccccc2)CCCNC1. The van der Waals surface area contributed by atoms with Crippen LogP contribution in [-0.2, 0) is 14.9 Å². The minimum atomic E-state index is -0.115. The minimum Gasteiger partial charge on any atom is -0.469 e. The standard InChI is InChI=1S/C15H21NO2/c1-18-14(17)8-10-15(9-5-11-16-12-15)13-6-3-2-4-7-13/h2-4,6-7,16H,5,8-12H2,1H3/t15-/m1/s1. The number of nitrogens with one attached hydrogen (secondary N) is 1. The van der Waals surface area contributed by atoms with E-state index in [0.717, 1.165) is 32.4 Å². The van der Waals surface area contributed by atoms with Crippen LogP contribution in [0.25, 0.3) is 0 Å². The van der Waals surface area contributed by atoms with Crippen molar-refractivity contribution in [1.29, 1.82) is 0 Å². The van der Waals surface area contributed by atoms with E-state index in [1.807, 2.05) is 6.07 Å². The summed E-state index contributed by atoms with van der Waals surface area (Å²) in [6.45, 7) is 2.03. The first kappa shape index (κ1) is 13.1. The van der Waals surface area contributed by atoms with Gasteiger partial charge in [0.15, 0.2) is 0 Å². The molecule has 18 heavy (non-hydrogen) atoms. The van der Waals surface area contributed by atoms with Crippen molar-refractivity contribution in [2.75, 3.05) is 20.2 Å². The van der Waals surface area contributed by atoms with Gasteiger partial charge in [-0.25, -0.2) is 0 Å². The van der Waals surface area contributed by atoms with Crippen molar-refractivity contribution in [2.45, 2.75) is 31.1 Å². The van der Waals surface area contributed by atoms with Crippen LogP contribution in [0, 0.1) is 0 Å². The van der Waals surface area contributed by atoms with Crippen molar-refractivity contribution >= 4 is 5.97 Å². The molecule has 1 aromatic rings. The molecule has 1 atom stereocenters. The third kappa shape index (κ3) is 2.91. The van der Waals surface area contributed by atoms with Gasteiger partial charge in [-0.3, -0.25) is 4.79 Å². The number of hydrogen-bond donors (Lipinski definition) is 1. The van der Waals surface area contributed by atoms with E-state index in [-0.39, 0.29) is 11.4 Å². The zero-order chi connectivity index (χ0) is 12.8. The molecule has 1 aliphatic heterocycles. The zero-order valence-electron chi connectivity index (χ0n) is 10.9. The van der Waals surface area contributed by atoms with Gasteiger partial charge in [0, 0.05) is 18.4 Å². The van der Waals surface area contributed by atoms with Crippen LogP contribution in [0.1, 0.15) is 31.2 Å². The number of methoxy groups -OCH3 is 1. The molecule has 0 aromatic heterocycles. The van der Waals surface area contributed by atoms with Gasteiger partial charge in [-0.05, 0) is 31.4 Å². The Kier molecular flexibility index (Phi) is 4.37. The van der Waals surface area contributed by atoms with Crippen LogP contribution < -0.4 is 5.32 Å². The average Bonchev–Trinajstić information content (AvgIpc) is 2.46. The molecular weight excluding hydrogens is 226 g/mol. The first-order chi connectivity index (χ1) is 8.77. The summed E-state index contributed by atoms with van der Waals surface area (Å²) in [5.74, 6) is -0.115. The average molecular weight is 247 g/mol. The zero-order valence-corrected chi connectivity index (χ0v) is 10.9. The number of carbonyl (C=O) groups is 1. The second-order valence-electron chi connectivity index (χ2n) is 5.00. The molecule has 0 bridgehead atoms. The number of esters is 1. The van der Waals surface area contributed by atoms with Gasteiger partial charge in [-0.1, -0.05) is 30.3 Å². The molecular formula is C15H21NO2. The molecule has 0 aliphatic carbocycles. The van der Waals surface area contributed by atoms with Crippen LogP contribution in [0.15, 0.2) is 30.3 Å². The number of carbonyl (C=O) groups excluding carboxylic acids is 1. The van der Waals surface area contributed by atoms with E-state index in [4.69, 9.17) is 4.74 Å². The van der Waals surface area contributed by atoms with E-state index in [2.05, 4.69) is 29.6 Å². The Bertz CT molecular complexity index is 383. The summed E-state index contributed by atoms with van der Waals surface area (Å²) in [6.07, 6.45) is 3.65. The maximum absolute atomic E-state index is 11.4. The lowest BCUT2D eigenvalue weighted by atomic mass is 9.71. The van der Waals surface area contributed by atoms with Crippen LogP contribution >= 0.6 is 0 Å². The molecule has 3 heteroatoms. The molecule has 0 radical (unpaired) electrons. The molecule has 2 rings (SSSR count). The summed E-state index contributed by atoms with van der Waals surface area (Å²) in [5.41, 5.74) is 1.43. The van der Waals surface area contributed by atoms with Gasteiger partial charge >= 0.3 is 5.97 Å². The summed E-state index contributed by atoms with van der Waals surface area (Å²) < 4.78 is 4.76. The van der Waals surface area contributed by atoms with Crippen LogP contribution in [0.2, 0.25) is 0 Å². The van der Waals surface area contributed by atoms with Crippen LogP contribution in [0.3, 0.4) is 0 Å². The number of rotatable bonds is 4. The lowest BCUT2D eigenvalue weighted by molar-refractivity contribution is -0.141. The van der Waals surface area contributed by atoms with E-state index < -0.39 is 0 Å². The largest absolute Gasteiger partial charge is 0.469 e. The van der Waals surface area contributed by atoms with Crippen molar-refractivity contribution in [3.63, 3.8) is 0 Å². The Balaban J connectivity index is 2.15. The Morgan fingerprint density at radius 2 is 2.17 bits per heavy atom. The summed E-state index contributed by atoms with van der Waals surface area (Å²) in [6, 6.07) is 10.5.